The van der Waals surface area contributed by atoms with E-state index in [2.05, 4.69) is 33.1 Å². The van der Waals surface area contributed by atoms with Crippen LogP contribution in [0.5, 0.6) is 0 Å². The third-order valence-electron chi connectivity index (χ3n) is 2.31. The molecule has 0 atom stereocenters. The number of nitrogens with one attached hydrogen (secondary N) is 1. The minimum absolute atomic E-state index is 0.590. The van der Waals surface area contributed by atoms with Crippen molar-refractivity contribution >= 4 is 33.2 Å². The van der Waals surface area contributed by atoms with E-state index in [-0.39, 0.29) is 0 Å². The molecule has 90 valence electrons. The Morgan fingerprint density at radius 1 is 1.11 bits per heavy atom. The van der Waals surface area contributed by atoms with Crippen molar-refractivity contribution in [3.05, 3.63) is 63.6 Å². The first-order valence-electron chi connectivity index (χ1n) is 5.48. The fourth-order valence-corrected chi connectivity index (χ4v) is 1.85. The van der Waals surface area contributed by atoms with Gasteiger partial charge in [-0.2, -0.15) is 0 Å². The number of anilines is 1. The second-order valence-electron chi connectivity index (χ2n) is 3.65. The lowest BCUT2D eigenvalue weighted by Crippen LogP contribution is -1.98. The van der Waals surface area contributed by atoms with Gasteiger partial charge in [0.2, 0.25) is 0 Å². The summed E-state index contributed by atoms with van der Waals surface area (Å²) in [5.74, 6) is 6.15. The van der Waals surface area contributed by atoms with Crippen LogP contribution < -0.4 is 5.32 Å². The molecule has 0 aliphatic rings. The van der Waals surface area contributed by atoms with Crippen LogP contribution in [0.15, 0.2) is 53.0 Å². The van der Waals surface area contributed by atoms with Gasteiger partial charge in [-0.1, -0.05) is 41.6 Å². The third kappa shape index (κ3) is 3.80. The Labute approximate surface area is 120 Å². The predicted octanol–water partition coefficient (Wildman–Crippen LogP) is 4.57. The summed E-state index contributed by atoms with van der Waals surface area (Å²) in [6.07, 6.45) is 0. The Hall–Kier alpha value is -1.43. The maximum absolute atomic E-state index is 6.00. The Kier molecular flexibility index (Phi) is 4.69. The van der Waals surface area contributed by atoms with E-state index in [1.807, 2.05) is 48.5 Å². The highest BCUT2D eigenvalue weighted by Crippen LogP contribution is 2.25. The normalized spacial score (nSPS) is 9.44. The molecule has 1 N–H and O–H groups in total. The van der Waals surface area contributed by atoms with Crippen molar-refractivity contribution in [2.24, 2.45) is 0 Å². The topological polar surface area (TPSA) is 12.0 Å². The van der Waals surface area contributed by atoms with Gasteiger partial charge in [-0.3, -0.25) is 0 Å². The van der Waals surface area contributed by atoms with E-state index in [9.17, 15) is 0 Å². The van der Waals surface area contributed by atoms with Crippen LogP contribution in [0.3, 0.4) is 0 Å². The molecule has 0 bridgehead atoms. The molecule has 0 saturated heterocycles. The molecular formula is C15H11BrClN. The lowest BCUT2D eigenvalue weighted by Gasteiger charge is -2.03. The van der Waals surface area contributed by atoms with Gasteiger partial charge in [0.25, 0.3) is 0 Å². The number of hydrogen-bond donors (Lipinski definition) is 1. The van der Waals surface area contributed by atoms with Gasteiger partial charge < -0.3 is 5.32 Å². The maximum atomic E-state index is 6.00. The van der Waals surface area contributed by atoms with Gasteiger partial charge in [-0.15, -0.1) is 0 Å². The Balaban J connectivity index is 1.93. The van der Waals surface area contributed by atoms with Crippen molar-refractivity contribution in [1.82, 2.24) is 0 Å². The van der Waals surface area contributed by atoms with Crippen LogP contribution in [-0.4, -0.2) is 6.54 Å². The van der Waals surface area contributed by atoms with Crippen LogP contribution >= 0.6 is 27.5 Å². The monoisotopic (exact) mass is 319 g/mol. The van der Waals surface area contributed by atoms with E-state index in [1.165, 1.54) is 0 Å². The molecule has 1 nitrogen and oxygen atoms in total. The summed E-state index contributed by atoms with van der Waals surface area (Å²) in [4.78, 5) is 0. The number of rotatable bonds is 2. The molecule has 0 amide bonds. The quantitative estimate of drug-likeness (QED) is 0.800. The van der Waals surface area contributed by atoms with E-state index in [0.717, 1.165) is 15.7 Å². The van der Waals surface area contributed by atoms with Crippen LogP contribution in [0.25, 0.3) is 0 Å². The molecule has 0 unspecified atom stereocenters. The van der Waals surface area contributed by atoms with E-state index in [0.29, 0.717) is 11.6 Å². The van der Waals surface area contributed by atoms with Gasteiger partial charge in [0.1, 0.15) is 0 Å². The molecule has 2 aromatic rings. The highest BCUT2D eigenvalue weighted by Gasteiger charge is 1.97. The van der Waals surface area contributed by atoms with Gasteiger partial charge in [0.15, 0.2) is 0 Å². The zero-order valence-corrected chi connectivity index (χ0v) is 11.9. The van der Waals surface area contributed by atoms with Gasteiger partial charge in [0, 0.05) is 15.7 Å². The molecule has 0 aliphatic heterocycles. The van der Waals surface area contributed by atoms with Crippen molar-refractivity contribution in [3.8, 4) is 11.8 Å². The minimum Gasteiger partial charge on any atom is -0.374 e. The molecule has 0 saturated carbocycles. The van der Waals surface area contributed by atoms with E-state index >= 15 is 0 Å². The SMILES string of the molecule is Clc1cc(NCC#Cc2ccccc2)ccc1Br. The molecule has 3 heteroatoms. The molecule has 18 heavy (non-hydrogen) atoms. The second kappa shape index (κ2) is 6.49. The summed E-state index contributed by atoms with van der Waals surface area (Å²) in [6, 6.07) is 15.7. The highest BCUT2D eigenvalue weighted by atomic mass is 79.9. The number of benzene rings is 2. The first-order valence-corrected chi connectivity index (χ1v) is 6.65. The standard InChI is InChI=1S/C15H11BrClN/c16-14-9-8-13(11-15(14)17)18-10-4-7-12-5-2-1-3-6-12/h1-3,5-6,8-9,11,18H,10H2. The zero-order chi connectivity index (χ0) is 12.8. The molecule has 0 heterocycles. The summed E-state index contributed by atoms with van der Waals surface area (Å²) >= 11 is 9.35. The Morgan fingerprint density at radius 3 is 2.61 bits per heavy atom. The van der Waals surface area contributed by atoms with E-state index < -0.39 is 0 Å². The average Bonchev–Trinajstić information content (AvgIpc) is 2.40. The molecule has 2 aromatic carbocycles. The first kappa shape index (κ1) is 13.0. The largest absolute Gasteiger partial charge is 0.374 e. The fraction of sp³-hybridized carbons (Fsp3) is 0.0667. The molecule has 0 aromatic heterocycles. The van der Waals surface area contributed by atoms with Crippen molar-refractivity contribution in [3.63, 3.8) is 0 Å². The van der Waals surface area contributed by atoms with E-state index in [1.54, 1.807) is 0 Å². The second-order valence-corrected chi connectivity index (χ2v) is 4.91. The minimum atomic E-state index is 0.590. The lowest BCUT2D eigenvalue weighted by molar-refractivity contribution is 1.37. The molecule has 2 rings (SSSR count). The summed E-state index contributed by atoms with van der Waals surface area (Å²) in [6.45, 7) is 0.590. The van der Waals surface area contributed by atoms with Crippen LogP contribution in [0, 0.1) is 11.8 Å². The van der Waals surface area contributed by atoms with Gasteiger partial charge in [-0.05, 0) is 46.3 Å². The van der Waals surface area contributed by atoms with Crippen molar-refractivity contribution in [2.75, 3.05) is 11.9 Å². The molecule has 0 fully saturated rings. The summed E-state index contributed by atoms with van der Waals surface area (Å²) in [5.41, 5.74) is 1.98. The Bertz CT molecular complexity index is 584. The van der Waals surface area contributed by atoms with Crippen LogP contribution in [0.1, 0.15) is 5.56 Å². The average molecular weight is 321 g/mol. The molecule has 0 spiro atoms. The van der Waals surface area contributed by atoms with Gasteiger partial charge in [-0.25, -0.2) is 0 Å². The fourth-order valence-electron chi connectivity index (χ4n) is 1.42. The lowest BCUT2D eigenvalue weighted by atomic mass is 10.2. The summed E-state index contributed by atoms with van der Waals surface area (Å²) in [7, 11) is 0. The summed E-state index contributed by atoms with van der Waals surface area (Å²) in [5, 5.41) is 3.89. The highest BCUT2D eigenvalue weighted by molar-refractivity contribution is 9.10. The molecular weight excluding hydrogens is 310 g/mol. The number of hydrogen-bond acceptors (Lipinski definition) is 1. The van der Waals surface area contributed by atoms with Crippen LogP contribution in [0.4, 0.5) is 5.69 Å². The molecule has 0 radical (unpaired) electrons. The van der Waals surface area contributed by atoms with Crippen molar-refractivity contribution in [2.45, 2.75) is 0 Å². The van der Waals surface area contributed by atoms with Crippen molar-refractivity contribution < 1.29 is 0 Å². The van der Waals surface area contributed by atoms with Gasteiger partial charge >= 0.3 is 0 Å². The van der Waals surface area contributed by atoms with Crippen LogP contribution in [-0.2, 0) is 0 Å². The first-order chi connectivity index (χ1) is 8.75. The summed E-state index contributed by atoms with van der Waals surface area (Å²) < 4.78 is 0.894. The Morgan fingerprint density at radius 2 is 1.89 bits per heavy atom. The van der Waals surface area contributed by atoms with Gasteiger partial charge in [0.05, 0.1) is 11.6 Å². The predicted molar refractivity (Wildman–Crippen MR) is 81.0 cm³/mol. The van der Waals surface area contributed by atoms with E-state index in [4.69, 9.17) is 11.6 Å². The maximum Gasteiger partial charge on any atom is 0.0769 e. The smallest absolute Gasteiger partial charge is 0.0769 e. The molecule has 0 aliphatic carbocycles. The van der Waals surface area contributed by atoms with Crippen LogP contribution in [0.2, 0.25) is 5.02 Å². The van der Waals surface area contributed by atoms with Crippen molar-refractivity contribution in [1.29, 1.82) is 0 Å². The third-order valence-corrected chi connectivity index (χ3v) is 3.54. The zero-order valence-electron chi connectivity index (χ0n) is 9.58. The number of halogens is 2.